The lowest BCUT2D eigenvalue weighted by molar-refractivity contribution is 0.384. The highest BCUT2D eigenvalue weighted by atomic mass is 31.1. The number of benzene rings is 1. The third-order valence-corrected chi connectivity index (χ3v) is 3.48. The van der Waals surface area contributed by atoms with Gasteiger partial charge in [-0.05, 0) is 25.0 Å². The van der Waals surface area contributed by atoms with Crippen molar-refractivity contribution in [2.75, 3.05) is 14.2 Å². The summed E-state index contributed by atoms with van der Waals surface area (Å²) in [5, 5.41) is 0. The van der Waals surface area contributed by atoms with Gasteiger partial charge in [-0.3, -0.25) is 4.57 Å². The Labute approximate surface area is 104 Å². The first-order valence-electron chi connectivity index (χ1n) is 5.79. The first kappa shape index (κ1) is 14.0. The molecule has 0 fully saturated rings. The van der Waals surface area contributed by atoms with Crippen LogP contribution in [-0.2, 0) is 11.0 Å². The Morgan fingerprint density at radius 3 is 2.24 bits per heavy atom. The van der Waals surface area contributed by atoms with Gasteiger partial charge in [0.2, 0.25) is 0 Å². The monoisotopic (exact) mass is 254 g/mol. The van der Waals surface area contributed by atoms with E-state index in [2.05, 4.69) is 6.92 Å². The molecule has 0 radical (unpaired) electrons. The van der Waals surface area contributed by atoms with E-state index in [0.717, 1.165) is 29.9 Å². The highest BCUT2D eigenvalue weighted by molar-refractivity contribution is 7.24. The van der Waals surface area contributed by atoms with Crippen LogP contribution in [0, 0.1) is 0 Å². The fraction of sp³-hybridized carbons (Fsp3) is 0.538. The molecule has 1 aromatic carbocycles. The Morgan fingerprint density at radius 1 is 1.24 bits per heavy atom. The molecule has 4 heteroatoms. The number of ether oxygens (including phenoxy) is 2. The molecule has 0 aromatic heterocycles. The lowest BCUT2D eigenvalue weighted by atomic mass is 10.0. The average Bonchev–Trinajstić information content (AvgIpc) is 2.38. The second-order valence-corrected chi connectivity index (χ2v) is 4.83. The van der Waals surface area contributed by atoms with Crippen LogP contribution in [0.15, 0.2) is 18.2 Å². The summed E-state index contributed by atoms with van der Waals surface area (Å²) in [5.41, 5.74) is 1.13. The van der Waals surface area contributed by atoms with E-state index in [1.54, 1.807) is 14.2 Å². The number of methoxy groups -OCH3 is 2. The van der Waals surface area contributed by atoms with E-state index in [1.165, 1.54) is 0 Å². The minimum absolute atomic E-state index is 0.130. The largest absolute Gasteiger partial charge is 0.496 e. The number of hydrogen-bond donors (Lipinski definition) is 0. The SMILES string of the molecule is CCCC(Cc1c(OC)cccc1OC)P=O. The lowest BCUT2D eigenvalue weighted by Crippen LogP contribution is -2.06. The van der Waals surface area contributed by atoms with Crippen molar-refractivity contribution < 1.29 is 14.0 Å². The average molecular weight is 254 g/mol. The molecule has 1 aromatic rings. The molecule has 0 aliphatic carbocycles. The molecule has 1 atom stereocenters. The molecule has 1 rings (SSSR count). The fourth-order valence-electron chi connectivity index (χ4n) is 1.89. The number of rotatable bonds is 7. The smallest absolute Gasteiger partial charge is 0.159 e. The predicted octanol–water partition coefficient (Wildman–Crippen LogP) is 3.71. The van der Waals surface area contributed by atoms with Gasteiger partial charge in [-0.1, -0.05) is 19.4 Å². The quantitative estimate of drug-likeness (QED) is 0.696. The summed E-state index contributed by atoms with van der Waals surface area (Å²) in [6, 6.07) is 5.70. The molecule has 0 aliphatic rings. The van der Waals surface area contributed by atoms with E-state index in [4.69, 9.17) is 9.47 Å². The maximum Gasteiger partial charge on any atom is 0.159 e. The Kier molecular flexibility index (Phi) is 5.99. The molecule has 0 saturated heterocycles. The third-order valence-electron chi connectivity index (χ3n) is 2.74. The summed E-state index contributed by atoms with van der Waals surface area (Å²) in [6.07, 6.45) is 2.68. The molecule has 94 valence electrons. The molecule has 0 amide bonds. The van der Waals surface area contributed by atoms with Crippen molar-refractivity contribution >= 4 is 8.46 Å². The molecule has 3 nitrogen and oxygen atoms in total. The molecule has 0 heterocycles. The molecule has 1 unspecified atom stereocenters. The Morgan fingerprint density at radius 2 is 1.82 bits per heavy atom. The van der Waals surface area contributed by atoms with Crippen LogP contribution in [0.3, 0.4) is 0 Å². The second-order valence-electron chi connectivity index (χ2n) is 3.89. The zero-order valence-corrected chi connectivity index (χ0v) is 11.5. The Balaban J connectivity index is 2.97. The summed E-state index contributed by atoms with van der Waals surface area (Å²) in [4.78, 5) is 0. The van der Waals surface area contributed by atoms with Gasteiger partial charge in [-0.25, -0.2) is 0 Å². The third kappa shape index (κ3) is 3.71. The zero-order chi connectivity index (χ0) is 12.7. The Bertz CT molecular complexity index is 343. The first-order chi connectivity index (χ1) is 8.26. The summed E-state index contributed by atoms with van der Waals surface area (Å²) in [5.74, 6) is 1.60. The molecule has 0 aliphatic heterocycles. The van der Waals surface area contributed by atoms with Gasteiger partial charge in [-0.15, -0.1) is 0 Å². The topological polar surface area (TPSA) is 35.5 Å². The normalized spacial score (nSPS) is 12.4. The fourth-order valence-corrected chi connectivity index (χ4v) is 2.51. The molecule has 0 N–H and O–H groups in total. The van der Waals surface area contributed by atoms with Gasteiger partial charge >= 0.3 is 0 Å². The van der Waals surface area contributed by atoms with E-state index in [1.807, 2.05) is 18.2 Å². The van der Waals surface area contributed by atoms with Gasteiger partial charge in [0.1, 0.15) is 11.5 Å². The first-order valence-corrected chi connectivity index (χ1v) is 6.67. The summed E-state index contributed by atoms with van der Waals surface area (Å²) in [6.45, 7) is 2.09. The van der Waals surface area contributed by atoms with E-state index in [9.17, 15) is 4.57 Å². The summed E-state index contributed by atoms with van der Waals surface area (Å²) >= 11 is 0. The second kappa shape index (κ2) is 7.29. The van der Waals surface area contributed by atoms with Crippen molar-refractivity contribution in [2.24, 2.45) is 0 Å². The van der Waals surface area contributed by atoms with Gasteiger partial charge < -0.3 is 9.47 Å². The van der Waals surface area contributed by atoms with Crippen LogP contribution < -0.4 is 9.47 Å². The lowest BCUT2D eigenvalue weighted by Gasteiger charge is -2.15. The molecule has 0 saturated carbocycles. The van der Waals surface area contributed by atoms with Crippen LogP contribution in [0.1, 0.15) is 25.3 Å². The highest BCUT2D eigenvalue weighted by Crippen LogP contribution is 2.32. The minimum atomic E-state index is 0.130. The molecule has 0 spiro atoms. The van der Waals surface area contributed by atoms with Gasteiger partial charge in [0.25, 0.3) is 0 Å². The van der Waals surface area contributed by atoms with Crippen molar-refractivity contribution in [3.63, 3.8) is 0 Å². The van der Waals surface area contributed by atoms with Crippen LogP contribution in [0.2, 0.25) is 0 Å². The van der Waals surface area contributed by atoms with Crippen molar-refractivity contribution in [1.29, 1.82) is 0 Å². The van der Waals surface area contributed by atoms with Crippen molar-refractivity contribution in [2.45, 2.75) is 31.8 Å². The van der Waals surface area contributed by atoms with Crippen molar-refractivity contribution in [1.82, 2.24) is 0 Å². The minimum Gasteiger partial charge on any atom is -0.496 e. The van der Waals surface area contributed by atoms with Crippen LogP contribution >= 0.6 is 8.46 Å². The van der Waals surface area contributed by atoms with E-state index >= 15 is 0 Å². The summed E-state index contributed by atoms with van der Waals surface area (Å²) < 4.78 is 21.8. The van der Waals surface area contributed by atoms with Crippen molar-refractivity contribution in [3.05, 3.63) is 23.8 Å². The van der Waals surface area contributed by atoms with E-state index in [0.29, 0.717) is 6.42 Å². The van der Waals surface area contributed by atoms with Gasteiger partial charge in [0.15, 0.2) is 8.46 Å². The standard InChI is InChI=1S/C13H19O3P/c1-4-6-10(17-14)9-11-12(15-2)7-5-8-13(11)16-3/h5,7-8,10H,4,6,9H2,1-3H3. The van der Waals surface area contributed by atoms with Crippen LogP contribution in [0.4, 0.5) is 0 Å². The maximum absolute atomic E-state index is 11.1. The van der Waals surface area contributed by atoms with Gasteiger partial charge in [0.05, 0.1) is 14.2 Å². The molecular weight excluding hydrogens is 235 g/mol. The number of hydrogen-bond acceptors (Lipinski definition) is 3. The van der Waals surface area contributed by atoms with Gasteiger partial charge in [-0.2, -0.15) is 0 Å². The highest BCUT2D eigenvalue weighted by Gasteiger charge is 2.16. The van der Waals surface area contributed by atoms with Crippen LogP contribution in [-0.4, -0.2) is 19.9 Å². The molecule has 0 bridgehead atoms. The van der Waals surface area contributed by atoms with Crippen LogP contribution in [0.5, 0.6) is 11.5 Å². The van der Waals surface area contributed by atoms with E-state index in [-0.39, 0.29) is 14.1 Å². The van der Waals surface area contributed by atoms with Crippen molar-refractivity contribution in [3.8, 4) is 11.5 Å². The Hall–Kier alpha value is -1.08. The van der Waals surface area contributed by atoms with Gasteiger partial charge in [0, 0.05) is 11.2 Å². The molecular formula is C13H19O3P. The van der Waals surface area contributed by atoms with Crippen LogP contribution in [0.25, 0.3) is 0 Å². The molecule has 17 heavy (non-hydrogen) atoms. The zero-order valence-electron chi connectivity index (χ0n) is 10.6. The summed E-state index contributed by atoms with van der Waals surface area (Å²) in [7, 11) is 3.47. The maximum atomic E-state index is 11.1. The van der Waals surface area contributed by atoms with E-state index < -0.39 is 0 Å². The predicted molar refractivity (Wildman–Crippen MR) is 69.6 cm³/mol.